The van der Waals surface area contributed by atoms with E-state index in [0.717, 1.165) is 29.5 Å². The number of furan rings is 1. The van der Waals surface area contributed by atoms with E-state index in [9.17, 15) is 4.79 Å². The molecule has 3 heterocycles. The van der Waals surface area contributed by atoms with Gasteiger partial charge in [0, 0.05) is 23.7 Å². The lowest BCUT2D eigenvalue weighted by Crippen LogP contribution is -2.28. The highest BCUT2D eigenvalue weighted by atomic mass is 32.2. The second kappa shape index (κ2) is 9.48. The first-order valence-corrected chi connectivity index (χ1v) is 12.3. The first kappa shape index (κ1) is 22.4. The molecule has 172 valence electrons. The summed E-state index contributed by atoms with van der Waals surface area (Å²) in [5, 5.41) is 5.74. The molecule has 0 spiro atoms. The number of ether oxygens (including phenoxy) is 1. The predicted molar refractivity (Wildman–Crippen MR) is 140 cm³/mol. The summed E-state index contributed by atoms with van der Waals surface area (Å²) in [6, 6.07) is 17.5. The van der Waals surface area contributed by atoms with Gasteiger partial charge in [-0.3, -0.25) is 9.69 Å². The van der Waals surface area contributed by atoms with E-state index in [-0.39, 0.29) is 5.91 Å². The molecule has 0 saturated carbocycles. The molecule has 0 bridgehead atoms. The molecule has 5 rings (SSSR count). The van der Waals surface area contributed by atoms with Gasteiger partial charge in [0.05, 0.1) is 17.7 Å². The van der Waals surface area contributed by atoms with Crippen LogP contribution >= 0.6 is 24.0 Å². The third-order valence-corrected chi connectivity index (χ3v) is 7.00. The van der Waals surface area contributed by atoms with Crippen molar-refractivity contribution in [2.45, 2.75) is 19.8 Å². The first-order chi connectivity index (χ1) is 16.6. The third kappa shape index (κ3) is 4.15. The zero-order chi connectivity index (χ0) is 23.7. The Hall–Kier alpha value is -3.36. The Balaban J connectivity index is 1.61. The van der Waals surface area contributed by atoms with Gasteiger partial charge in [0.15, 0.2) is 17.1 Å². The number of amides is 1. The summed E-state index contributed by atoms with van der Waals surface area (Å²) in [6.45, 7) is 2.73. The summed E-state index contributed by atoms with van der Waals surface area (Å²) in [5.41, 5.74) is 2.98. The van der Waals surface area contributed by atoms with E-state index < -0.39 is 0 Å². The summed E-state index contributed by atoms with van der Waals surface area (Å²) in [5.74, 6) is 1.19. The molecule has 1 amide bonds. The Bertz CT molecular complexity index is 1410. The van der Waals surface area contributed by atoms with Gasteiger partial charge in [-0.25, -0.2) is 4.68 Å². The standard InChI is InChI=1S/C26H23N3O3S2/c1-3-4-13-28-25(30)22(34-26(28)33)15-18-16-29(19-10-6-5-7-11-19)27-23(18)21-14-17-9-8-12-20(31-2)24(17)32-21/h5-12,14-16H,3-4,13H2,1-2H3. The monoisotopic (exact) mass is 489 g/mol. The van der Waals surface area contributed by atoms with Gasteiger partial charge >= 0.3 is 0 Å². The van der Waals surface area contributed by atoms with Crippen LogP contribution < -0.4 is 4.74 Å². The van der Waals surface area contributed by atoms with Crippen LogP contribution in [0.2, 0.25) is 0 Å². The number of carbonyl (C=O) groups is 1. The molecule has 1 fully saturated rings. The highest BCUT2D eigenvalue weighted by Gasteiger charge is 2.32. The minimum atomic E-state index is -0.0619. The molecule has 6 nitrogen and oxygen atoms in total. The zero-order valence-corrected chi connectivity index (χ0v) is 20.5. The summed E-state index contributed by atoms with van der Waals surface area (Å²) in [6.07, 6.45) is 5.68. The molecule has 34 heavy (non-hydrogen) atoms. The van der Waals surface area contributed by atoms with Crippen molar-refractivity contribution in [2.75, 3.05) is 13.7 Å². The van der Waals surface area contributed by atoms with Crippen molar-refractivity contribution in [3.8, 4) is 22.9 Å². The fourth-order valence-electron chi connectivity index (χ4n) is 3.86. The number of unbranched alkanes of at least 4 members (excludes halogenated alkanes) is 1. The van der Waals surface area contributed by atoms with Gasteiger partial charge in [0.1, 0.15) is 10.0 Å². The summed E-state index contributed by atoms with van der Waals surface area (Å²) >= 11 is 6.81. The number of thioether (sulfide) groups is 1. The second-order valence-corrected chi connectivity index (χ2v) is 9.57. The van der Waals surface area contributed by atoms with Crippen molar-refractivity contribution >= 4 is 51.3 Å². The molecule has 2 aromatic carbocycles. The van der Waals surface area contributed by atoms with Crippen molar-refractivity contribution in [3.63, 3.8) is 0 Å². The lowest BCUT2D eigenvalue weighted by Gasteiger charge is -2.12. The Morgan fingerprint density at radius 3 is 2.76 bits per heavy atom. The molecule has 1 saturated heterocycles. The second-order valence-electron chi connectivity index (χ2n) is 7.89. The summed E-state index contributed by atoms with van der Waals surface area (Å²) in [7, 11) is 1.62. The lowest BCUT2D eigenvalue weighted by atomic mass is 10.1. The zero-order valence-electron chi connectivity index (χ0n) is 18.9. The normalized spacial score (nSPS) is 15.1. The van der Waals surface area contributed by atoms with Gasteiger partial charge in [-0.05, 0) is 36.8 Å². The molecule has 0 unspecified atom stereocenters. The number of hydrogen-bond acceptors (Lipinski definition) is 6. The SMILES string of the molecule is CCCCN1C(=O)C(=Cc2cn(-c3ccccc3)nc2-c2cc3cccc(OC)c3o2)SC1=S. The highest BCUT2D eigenvalue weighted by Crippen LogP contribution is 2.37. The number of methoxy groups -OCH3 is 1. The molecule has 0 atom stereocenters. The van der Waals surface area contributed by atoms with Gasteiger partial charge < -0.3 is 9.15 Å². The van der Waals surface area contributed by atoms with Gasteiger partial charge in [0.25, 0.3) is 5.91 Å². The van der Waals surface area contributed by atoms with Gasteiger partial charge in [0.2, 0.25) is 0 Å². The lowest BCUT2D eigenvalue weighted by molar-refractivity contribution is -0.122. The van der Waals surface area contributed by atoms with E-state index in [1.54, 1.807) is 16.7 Å². The van der Waals surface area contributed by atoms with E-state index in [2.05, 4.69) is 6.92 Å². The van der Waals surface area contributed by atoms with Crippen LogP contribution in [0, 0.1) is 0 Å². The molecular formula is C26H23N3O3S2. The van der Waals surface area contributed by atoms with Crippen LogP contribution in [0.25, 0.3) is 34.2 Å². The Morgan fingerprint density at radius 1 is 1.18 bits per heavy atom. The molecule has 0 N–H and O–H groups in total. The van der Waals surface area contributed by atoms with Gasteiger partial charge in [-0.2, -0.15) is 5.10 Å². The third-order valence-electron chi connectivity index (χ3n) is 5.62. The number of para-hydroxylation sites is 2. The fourth-order valence-corrected chi connectivity index (χ4v) is 5.16. The maximum absolute atomic E-state index is 13.1. The minimum absolute atomic E-state index is 0.0619. The molecule has 4 aromatic rings. The Kier molecular flexibility index (Phi) is 6.26. The van der Waals surface area contributed by atoms with E-state index >= 15 is 0 Å². The fraction of sp³-hybridized carbons (Fsp3) is 0.192. The van der Waals surface area contributed by atoms with E-state index in [0.29, 0.717) is 38.6 Å². The number of rotatable bonds is 7. The van der Waals surface area contributed by atoms with Crippen LogP contribution in [0.3, 0.4) is 0 Å². The van der Waals surface area contributed by atoms with Crippen molar-refractivity contribution in [1.29, 1.82) is 0 Å². The molecule has 0 aliphatic carbocycles. The average molecular weight is 490 g/mol. The van der Waals surface area contributed by atoms with Crippen molar-refractivity contribution in [3.05, 3.63) is 71.3 Å². The van der Waals surface area contributed by atoms with E-state index in [1.165, 1.54) is 11.8 Å². The average Bonchev–Trinajstić information content (AvgIpc) is 3.54. The predicted octanol–water partition coefficient (Wildman–Crippen LogP) is 6.30. The number of thiocarbonyl (C=S) groups is 1. The number of carbonyl (C=O) groups excluding carboxylic acids is 1. The van der Waals surface area contributed by atoms with Crippen LogP contribution in [-0.2, 0) is 4.79 Å². The first-order valence-electron chi connectivity index (χ1n) is 11.1. The molecule has 2 aromatic heterocycles. The van der Waals surface area contributed by atoms with Crippen LogP contribution in [0.1, 0.15) is 25.3 Å². The van der Waals surface area contributed by atoms with Crippen LogP contribution in [0.5, 0.6) is 5.75 Å². The van der Waals surface area contributed by atoms with E-state index in [4.69, 9.17) is 26.5 Å². The Morgan fingerprint density at radius 2 is 2.00 bits per heavy atom. The van der Waals surface area contributed by atoms with Crippen LogP contribution in [-0.4, -0.2) is 38.6 Å². The summed E-state index contributed by atoms with van der Waals surface area (Å²) < 4.78 is 14.0. The van der Waals surface area contributed by atoms with Crippen molar-refractivity contribution in [2.24, 2.45) is 0 Å². The summed E-state index contributed by atoms with van der Waals surface area (Å²) in [4.78, 5) is 15.3. The van der Waals surface area contributed by atoms with Crippen LogP contribution in [0.15, 0.2) is 70.1 Å². The maximum atomic E-state index is 13.1. The Labute approximate surface area is 207 Å². The van der Waals surface area contributed by atoms with Gasteiger partial charge in [-0.15, -0.1) is 0 Å². The quantitative estimate of drug-likeness (QED) is 0.224. The highest BCUT2D eigenvalue weighted by molar-refractivity contribution is 8.26. The van der Waals surface area contributed by atoms with Crippen molar-refractivity contribution in [1.82, 2.24) is 14.7 Å². The maximum Gasteiger partial charge on any atom is 0.266 e. The van der Waals surface area contributed by atoms with Crippen LogP contribution in [0.4, 0.5) is 0 Å². The minimum Gasteiger partial charge on any atom is -0.493 e. The molecule has 1 aliphatic heterocycles. The number of hydrogen-bond donors (Lipinski definition) is 0. The van der Waals surface area contributed by atoms with Crippen molar-refractivity contribution < 1.29 is 13.9 Å². The largest absolute Gasteiger partial charge is 0.493 e. The number of nitrogens with zero attached hydrogens (tertiary/aromatic N) is 3. The number of aromatic nitrogens is 2. The molecule has 8 heteroatoms. The number of fused-ring (bicyclic) bond motifs is 1. The molecule has 0 radical (unpaired) electrons. The molecular weight excluding hydrogens is 466 g/mol. The van der Waals surface area contributed by atoms with E-state index in [1.807, 2.05) is 66.9 Å². The topological polar surface area (TPSA) is 60.5 Å². The smallest absolute Gasteiger partial charge is 0.266 e. The number of benzene rings is 2. The van der Waals surface area contributed by atoms with Gasteiger partial charge in [-0.1, -0.05) is 67.7 Å². The molecule has 1 aliphatic rings.